The lowest BCUT2D eigenvalue weighted by molar-refractivity contribution is 0.0460. The number of fused-ring (bicyclic) bond motifs is 3. The Morgan fingerprint density at radius 2 is 2.07 bits per heavy atom. The van der Waals surface area contributed by atoms with Crippen LogP contribution in [0.4, 0.5) is 5.69 Å². The lowest BCUT2D eigenvalue weighted by Gasteiger charge is -2.45. The van der Waals surface area contributed by atoms with Crippen molar-refractivity contribution in [3.05, 3.63) is 83.4 Å². The van der Waals surface area contributed by atoms with E-state index in [0.717, 1.165) is 42.8 Å². The highest BCUT2D eigenvalue weighted by atomic mass is 35.5. The topological polar surface area (TPSA) is 108 Å². The number of carbonyl (C=O) groups is 1. The van der Waals surface area contributed by atoms with Crippen LogP contribution in [0.5, 0.6) is 5.75 Å². The van der Waals surface area contributed by atoms with Crippen LogP contribution >= 0.6 is 11.6 Å². The number of ether oxygens (including phenoxy) is 1. The average molecular weight is 628 g/mol. The number of benzene rings is 2. The van der Waals surface area contributed by atoms with E-state index < -0.39 is 22.2 Å². The maximum Gasteiger partial charge on any atom is 0.301 e. The molecule has 10 heteroatoms. The molecule has 0 bridgehead atoms. The molecule has 1 saturated carbocycles. The number of aliphatic hydroxyl groups is 1. The Labute approximate surface area is 260 Å². The summed E-state index contributed by atoms with van der Waals surface area (Å²) in [6.07, 6.45) is 8.51. The molecule has 5 atom stereocenters. The first-order valence-corrected chi connectivity index (χ1v) is 17.0. The number of carbonyl (C=O) groups excluding carboxylic acids is 1. The number of halogens is 1. The van der Waals surface area contributed by atoms with E-state index in [0.29, 0.717) is 38.3 Å². The Bertz CT molecular complexity index is 1480. The van der Waals surface area contributed by atoms with Gasteiger partial charge in [-0.1, -0.05) is 36.7 Å². The second-order valence-electron chi connectivity index (χ2n) is 12.2. The summed E-state index contributed by atoms with van der Waals surface area (Å²) in [5, 5.41) is 11.3. The summed E-state index contributed by atoms with van der Waals surface area (Å²) in [5.41, 5.74) is 3.14. The molecule has 1 aliphatic heterocycles. The van der Waals surface area contributed by atoms with E-state index in [1.165, 1.54) is 11.1 Å². The maximum atomic E-state index is 13.3. The standard InChI is InChI=1S/C33H42ClN3O5S/c1-4-8-26(5-2)35-43(40,41)36-32(39)23-11-15-31-29(18-23)37(19-24-10-13-27(24)30(38)6-3)20-33(21-42-31)16-7-9-22-17-25(34)12-14-28(22)33/h4,6,11-12,14-15,17-18,24,26-27,30,35,38H,1,3,5,7-10,13,16,19-21H2,2H3,(H,36,39)/t24-,26+,27+,30-,33-/m0/s1. The van der Waals surface area contributed by atoms with Crippen LogP contribution in [0.15, 0.2) is 61.7 Å². The molecule has 1 heterocycles. The summed E-state index contributed by atoms with van der Waals surface area (Å²) in [7, 11) is -4.09. The monoisotopic (exact) mass is 627 g/mol. The third-order valence-corrected chi connectivity index (χ3v) is 10.7. The summed E-state index contributed by atoms with van der Waals surface area (Å²) in [5.74, 6) is 0.280. The molecule has 1 fully saturated rings. The van der Waals surface area contributed by atoms with Crippen LogP contribution in [0.2, 0.25) is 5.02 Å². The highest BCUT2D eigenvalue weighted by Gasteiger charge is 2.44. The zero-order valence-electron chi connectivity index (χ0n) is 24.7. The minimum atomic E-state index is -4.09. The number of hydrogen-bond acceptors (Lipinski definition) is 6. The number of amides is 1. The fourth-order valence-corrected chi connectivity index (χ4v) is 8.23. The fourth-order valence-electron chi connectivity index (χ4n) is 6.91. The average Bonchev–Trinajstić information content (AvgIpc) is 3.11. The van der Waals surface area contributed by atoms with Gasteiger partial charge in [0.25, 0.3) is 5.91 Å². The molecule has 43 heavy (non-hydrogen) atoms. The van der Waals surface area contributed by atoms with Crippen LogP contribution in [-0.2, 0) is 22.0 Å². The second kappa shape index (κ2) is 13.0. The molecule has 0 unspecified atom stereocenters. The van der Waals surface area contributed by atoms with E-state index in [1.54, 1.807) is 30.4 Å². The number of nitrogens with one attached hydrogen (secondary N) is 2. The van der Waals surface area contributed by atoms with Gasteiger partial charge in [0.15, 0.2) is 0 Å². The maximum absolute atomic E-state index is 13.3. The first-order valence-electron chi connectivity index (χ1n) is 15.1. The lowest BCUT2D eigenvalue weighted by atomic mass is 9.68. The van der Waals surface area contributed by atoms with E-state index in [-0.39, 0.29) is 28.9 Å². The summed E-state index contributed by atoms with van der Waals surface area (Å²) >= 11 is 6.37. The van der Waals surface area contributed by atoms with Crippen molar-refractivity contribution < 1.29 is 23.1 Å². The zero-order chi connectivity index (χ0) is 30.8. The van der Waals surface area contributed by atoms with E-state index in [2.05, 4.69) is 39.6 Å². The Morgan fingerprint density at radius 1 is 1.26 bits per heavy atom. The third kappa shape index (κ3) is 6.80. The van der Waals surface area contributed by atoms with Crippen molar-refractivity contribution in [3.63, 3.8) is 0 Å². The van der Waals surface area contributed by atoms with Crippen molar-refractivity contribution in [2.45, 2.75) is 69.4 Å². The number of aryl methyl sites for hydroxylation is 1. The highest BCUT2D eigenvalue weighted by molar-refractivity contribution is 7.88. The number of aliphatic hydroxyl groups excluding tert-OH is 1. The molecule has 1 amide bonds. The highest BCUT2D eigenvalue weighted by Crippen LogP contribution is 2.46. The number of hydrogen-bond donors (Lipinski definition) is 3. The van der Waals surface area contributed by atoms with Crippen molar-refractivity contribution in [2.75, 3.05) is 24.6 Å². The normalized spacial score (nSPS) is 24.4. The van der Waals surface area contributed by atoms with Gasteiger partial charge in [-0.25, -0.2) is 4.72 Å². The molecular weight excluding hydrogens is 586 g/mol. The van der Waals surface area contributed by atoms with Crippen molar-refractivity contribution in [1.29, 1.82) is 0 Å². The summed E-state index contributed by atoms with van der Waals surface area (Å²) in [4.78, 5) is 15.5. The first kappa shape index (κ1) is 31.6. The van der Waals surface area contributed by atoms with Gasteiger partial charge in [0.05, 0.1) is 18.4 Å². The molecule has 0 radical (unpaired) electrons. The molecule has 8 nitrogen and oxygen atoms in total. The van der Waals surface area contributed by atoms with Gasteiger partial charge in [-0.2, -0.15) is 13.1 Å². The van der Waals surface area contributed by atoms with Crippen LogP contribution in [0.25, 0.3) is 0 Å². The smallest absolute Gasteiger partial charge is 0.301 e. The first-order chi connectivity index (χ1) is 20.6. The van der Waals surface area contributed by atoms with Crippen molar-refractivity contribution in [3.8, 4) is 5.75 Å². The zero-order valence-corrected chi connectivity index (χ0v) is 26.3. The van der Waals surface area contributed by atoms with E-state index in [9.17, 15) is 18.3 Å². The van der Waals surface area contributed by atoms with Crippen LogP contribution in [0.1, 0.15) is 66.9 Å². The predicted molar refractivity (Wildman–Crippen MR) is 171 cm³/mol. The number of nitrogens with zero attached hydrogens (tertiary/aromatic N) is 1. The van der Waals surface area contributed by atoms with Gasteiger partial charge >= 0.3 is 10.2 Å². The summed E-state index contributed by atoms with van der Waals surface area (Å²) < 4.78 is 36.8. The number of anilines is 1. The largest absolute Gasteiger partial charge is 0.490 e. The number of rotatable bonds is 11. The van der Waals surface area contributed by atoms with Gasteiger partial charge in [-0.05, 0) is 98.2 Å². The Balaban J connectivity index is 1.47. The SMILES string of the molecule is C=CC[C@@H](CC)NS(=O)(=O)NC(=O)c1ccc2c(c1)N(C[C@@H]1CC[C@H]1[C@@H](O)C=C)C[C@@]1(CCCc3cc(Cl)ccc31)CO2. The third-order valence-electron chi connectivity index (χ3n) is 9.40. The van der Waals surface area contributed by atoms with Gasteiger partial charge in [0.2, 0.25) is 0 Å². The quantitative estimate of drug-likeness (QED) is 0.292. The van der Waals surface area contributed by atoms with Crippen LogP contribution in [0.3, 0.4) is 0 Å². The Hall–Kier alpha value is -2.85. The minimum absolute atomic E-state index is 0.114. The Morgan fingerprint density at radius 3 is 2.77 bits per heavy atom. The molecule has 3 N–H and O–H groups in total. The molecule has 0 saturated heterocycles. The minimum Gasteiger partial charge on any atom is -0.490 e. The van der Waals surface area contributed by atoms with E-state index >= 15 is 0 Å². The molecule has 2 aromatic carbocycles. The van der Waals surface area contributed by atoms with Crippen molar-refractivity contribution in [2.24, 2.45) is 11.8 Å². The van der Waals surface area contributed by atoms with Crippen LogP contribution in [0, 0.1) is 11.8 Å². The molecule has 1 spiro atoms. The lowest BCUT2D eigenvalue weighted by Crippen LogP contribution is -2.49. The second-order valence-corrected chi connectivity index (χ2v) is 14.1. The van der Waals surface area contributed by atoms with Crippen molar-refractivity contribution in [1.82, 2.24) is 9.44 Å². The van der Waals surface area contributed by atoms with Gasteiger partial charge in [0, 0.05) is 35.1 Å². The molecular formula is C33H42ClN3O5S. The summed E-state index contributed by atoms with van der Waals surface area (Å²) in [6, 6.07) is 10.8. The summed E-state index contributed by atoms with van der Waals surface area (Å²) in [6.45, 7) is 11.1. The molecule has 3 aliphatic rings. The Kier molecular flexibility index (Phi) is 9.56. The van der Waals surface area contributed by atoms with Gasteiger partial charge in [-0.15, -0.1) is 13.2 Å². The van der Waals surface area contributed by atoms with Gasteiger partial charge in [0.1, 0.15) is 5.75 Å². The van der Waals surface area contributed by atoms with Gasteiger partial charge in [-0.3, -0.25) is 4.79 Å². The van der Waals surface area contributed by atoms with Crippen molar-refractivity contribution >= 4 is 33.4 Å². The van der Waals surface area contributed by atoms with Crippen LogP contribution < -0.4 is 19.1 Å². The van der Waals surface area contributed by atoms with Gasteiger partial charge < -0.3 is 14.7 Å². The molecule has 232 valence electrons. The van der Waals surface area contributed by atoms with Crippen LogP contribution in [-0.4, -0.2) is 51.3 Å². The molecule has 2 aliphatic carbocycles. The fraction of sp³-hybridized carbons (Fsp3) is 0.485. The molecule has 0 aromatic heterocycles. The van der Waals surface area contributed by atoms with E-state index in [1.807, 2.05) is 13.0 Å². The van der Waals surface area contributed by atoms with E-state index in [4.69, 9.17) is 16.3 Å². The predicted octanol–water partition coefficient (Wildman–Crippen LogP) is 5.31. The molecule has 5 rings (SSSR count). The molecule has 2 aromatic rings.